The standard InChI is InChI=1S/C12H23N5/c1-7(2)9(5)10(8(3)4)14-12-15-11(13)17(6)16-12/h7-8,10H,5H2,1-4,6H3,(H3,13,14,15,16). The van der Waals surface area contributed by atoms with Gasteiger partial charge in [-0.3, -0.25) is 0 Å². The highest BCUT2D eigenvalue weighted by molar-refractivity contribution is 5.35. The smallest absolute Gasteiger partial charge is 0.244 e. The minimum absolute atomic E-state index is 0.164. The van der Waals surface area contributed by atoms with Crippen molar-refractivity contribution in [1.82, 2.24) is 14.8 Å². The van der Waals surface area contributed by atoms with Crippen molar-refractivity contribution < 1.29 is 0 Å². The molecule has 1 heterocycles. The fraction of sp³-hybridized carbons (Fsp3) is 0.667. The lowest BCUT2D eigenvalue weighted by Gasteiger charge is -2.26. The van der Waals surface area contributed by atoms with E-state index in [-0.39, 0.29) is 6.04 Å². The number of aromatic nitrogens is 3. The fourth-order valence-corrected chi connectivity index (χ4v) is 1.64. The molecule has 5 nitrogen and oxygen atoms in total. The molecule has 1 atom stereocenters. The van der Waals surface area contributed by atoms with Crippen LogP contribution in [0.4, 0.5) is 11.9 Å². The summed E-state index contributed by atoms with van der Waals surface area (Å²) in [4.78, 5) is 4.15. The topological polar surface area (TPSA) is 68.8 Å². The van der Waals surface area contributed by atoms with E-state index in [1.807, 2.05) is 0 Å². The van der Waals surface area contributed by atoms with E-state index in [1.165, 1.54) is 0 Å². The second-order valence-electron chi connectivity index (χ2n) is 5.01. The molecule has 1 aromatic rings. The Hall–Kier alpha value is -1.52. The summed E-state index contributed by atoms with van der Waals surface area (Å²) >= 11 is 0. The Bertz CT molecular complexity index is 372. The summed E-state index contributed by atoms with van der Waals surface area (Å²) in [6.45, 7) is 12.7. The second-order valence-corrected chi connectivity index (χ2v) is 5.01. The highest BCUT2D eigenvalue weighted by Crippen LogP contribution is 2.21. The van der Waals surface area contributed by atoms with Gasteiger partial charge in [0.25, 0.3) is 0 Å². The quantitative estimate of drug-likeness (QED) is 0.769. The normalized spacial score (nSPS) is 13.1. The van der Waals surface area contributed by atoms with Gasteiger partial charge in [-0.05, 0) is 11.8 Å². The van der Waals surface area contributed by atoms with Gasteiger partial charge in [-0.1, -0.05) is 39.8 Å². The van der Waals surface area contributed by atoms with Crippen LogP contribution in [0.3, 0.4) is 0 Å². The van der Waals surface area contributed by atoms with Gasteiger partial charge in [0.05, 0.1) is 6.04 Å². The molecule has 0 fully saturated rings. The van der Waals surface area contributed by atoms with Gasteiger partial charge < -0.3 is 11.1 Å². The maximum Gasteiger partial charge on any atom is 0.244 e. The summed E-state index contributed by atoms with van der Waals surface area (Å²) in [6.07, 6.45) is 0. The molecular weight excluding hydrogens is 214 g/mol. The van der Waals surface area contributed by atoms with Crippen LogP contribution >= 0.6 is 0 Å². The number of aryl methyl sites for hydroxylation is 1. The van der Waals surface area contributed by atoms with Crippen molar-refractivity contribution in [1.29, 1.82) is 0 Å². The van der Waals surface area contributed by atoms with Crippen molar-refractivity contribution in [3.05, 3.63) is 12.2 Å². The highest BCUT2D eigenvalue weighted by atomic mass is 15.4. The Balaban J connectivity index is 2.84. The molecule has 1 aromatic heterocycles. The van der Waals surface area contributed by atoms with Crippen molar-refractivity contribution >= 4 is 11.9 Å². The first-order chi connectivity index (χ1) is 7.82. The third-order valence-corrected chi connectivity index (χ3v) is 2.89. The number of hydrogen-bond donors (Lipinski definition) is 2. The van der Waals surface area contributed by atoms with Gasteiger partial charge in [-0.25, -0.2) is 4.68 Å². The molecule has 1 unspecified atom stereocenters. The SMILES string of the molecule is C=C(C(C)C)C(Nc1nc(N)n(C)n1)C(C)C. The van der Waals surface area contributed by atoms with E-state index in [0.717, 1.165) is 5.57 Å². The van der Waals surface area contributed by atoms with Crippen LogP contribution in [-0.4, -0.2) is 20.8 Å². The van der Waals surface area contributed by atoms with Crippen LogP contribution in [0, 0.1) is 11.8 Å². The third-order valence-electron chi connectivity index (χ3n) is 2.89. The van der Waals surface area contributed by atoms with Gasteiger partial charge in [0.15, 0.2) is 0 Å². The molecule has 0 saturated carbocycles. The number of nitrogens with zero attached hydrogens (tertiary/aromatic N) is 3. The zero-order valence-corrected chi connectivity index (χ0v) is 11.4. The largest absolute Gasteiger partial charge is 0.368 e. The Labute approximate surface area is 103 Å². The summed E-state index contributed by atoms with van der Waals surface area (Å²) in [6, 6.07) is 0.164. The van der Waals surface area contributed by atoms with Crippen molar-refractivity contribution in [2.45, 2.75) is 33.7 Å². The molecule has 0 aliphatic heterocycles. The average Bonchev–Trinajstić information content (AvgIpc) is 2.53. The van der Waals surface area contributed by atoms with Crippen molar-refractivity contribution in [2.75, 3.05) is 11.1 Å². The summed E-state index contributed by atoms with van der Waals surface area (Å²) in [7, 11) is 1.77. The zero-order chi connectivity index (χ0) is 13.2. The van der Waals surface area contributed by atoms with Gasteiger partial charge in [-0.15, -0.1) is 5.10 Å². The molecular formula is C12H23N5. The van der Waals surface area contributed by atoms with Crippen LogP contribution in [0.15, 0.2) is 12.2 Å². The van der Waals surface area contributed by atoms with Gasteiger partial charge >= 0.3 is 0 Å². The van der Waals surface area contributed by atoms with Gasteiger partial charge in [0.1, 0.15) is 0 Å². The Kier molecular flexibility index (Phi) is 4.15. The number of nitrogens with two attached hydrogens (primary N) is 1. The molecule has 3 N–H and O–H groups in total. The first-order valence-corrected chi connectivity index (χ1v) is 5.94. The van der Waals surface area contributed by atoms with Crippen LogP contribution in [0.2, 0.25) is 0 Å². The van der Waals surface area contributed by atoms with E-state index in [4.69, 9.17) is 5.73 Å². The third kappa shape index (κ3) is 3.22. The van der Waals surface area contributed by atoms with Crippen LogP contribution in [0.1, 0.15) is 27.7 Å². The fourth-order valence-electron chi connectivity index (χ4n) is 1.64. The summed E-state index contributed by atoms with van der Waals surface area (Å²) in [5.41, 5.74) is 6.81. The predicted molar refractivity (Wildman–Crippen MR) is 71.6 cm³/mol. The molecule has 0 aliphatic rings. The van der Waals surface area contributed by atoms with Gasteiger partial charge in [0, 0.05) is 7.05 Å². The van der Waals surface area contributed by atoms with E-state index in [0.29, 0.717) is 23.7 Å². The number of rotatable bonds is 5. The summed E-state index contributed by atoms with van der Waals surface area (Å²) in [5.74, 6) is 1.82. The monoisotopic (exact) mass is 237 g/mol. The number of nitrogen functional groups attached to an aromatic ring is 1. The first-order valence-electron chi connectivity index (χ1n) is 5.94. The molecule has 96 valence electrons. The van der Waals surface area contributed by atoms with Crippen LogP contribution < -0.4 is 11.1 Å². The van der Waals surface area contributed by atoms with E-state index >= 15 is 0 Å². The molecule has 17 heavy (non-hydrogen) atoms. The van der Waals surface area contributed by atoms with Crippen LogP contribution in [0.25, 0.3) is 0 Å². The highest BCUT2D eigenvalue weighted by Gasteiger charge is 2.20. The predicted octanol–water partition coefficient (Wildman–Crippen LogP) is 2.05. The molecule has 5 heteroatoms. The van der Waals surface area contributed by atoms with E-state index in [2.05, 4.69) is 49.7 Å². The molecule has 0 aliphatic carbocycles. The first kappa shape index (κ1) is 13.5. The molecule has 0 aromatic carbocycles. The van der Waals surface area contributed by atoms with Gasteiger partial charge in [-0.2, -0.15) is 4.98 Å². The number of hydrogen-bond acceptors (Lipinski definition) is 4. The van der Waals surface area contributed by atoms with Gasteiger partial charge in [0.2, 0.25) is 11.9 Å². The lowest BCUT2D eigenvalue weighted by Crippen LogP contribution is -2.30. The maximum atomic E-state index is 5.66. The van der Waals surface area contributed by atoms with Crippen molar-refractivity contribution in [3.63, 3.8) is 0 Å². The van der Waals surface area contributed by atoms with Crippen LogP contribution in [-0.2, 0) is 7.05 Å². The zero-order valence-electron chi connectivity index (χ0n) is 11.4. The molecule has 0 radical (unpaired) electrons. The van der Waals surface area contributed by atoms with Crippen molar-refractivity contribution in [2.24, 2.45) is 18.9 Å². The number of anilines is 2. The molecule has 0 spiro atoms. The van der Waals surface area contributed by atoms with E-state index in [1.54, 1.807) is 11.7 Å². The molecule has 0 bridgehead atoms. The van der Waals surface area contributed by atoms with Crippen molar-refractivity contribution in [3.8, 4) is 0 Å². The van der Waals surface area contributed by atoms with E-state index in [9.17, 15) is 0 Å². The Morgan fingerprint density at radius 2 is 1.94 bits per heavy atom. The number of nitrogens with one attached hydrogen (secondary N) is 1. The maximum absolute atomic E-state index is 5.66. The Morgan fingerprint density at radius 3 is 2.29 bits per heavy atom. The molecule has 0 saturated heterocycles. The molecule has 1 rings (SSSR count). The lowest BCUT2D eigenvalue weighted by atomic mass is 9.90. The lowest BCUT2D eigenvalue weighted by molar-refractivity contribution is 0.532. The second kappa shape index (κ2) is 5.21. The van der Waals surface area contributed by atoms with Crippen LogP contribution in [0.5, 0.6) is 0 Å². The minimum Gasteiger partial charge on any atom is -0.368 e. The Morgan fingerprint density at radius 1 is 1.35 bits per heavy atom. The summed E-state index contributed by atoms with van der Waals surface area (Å²) in [5, 5.41) is 7.50. The van der Waals surface area contributed by atoms with E-state index < -0.39 is 0 Å². The average molecular weight is 237 g/mol. The minimum atomic E-state index is 0.164. The summed E-state index contributed by atoms with van der Waals surface area (Å²) < 4.78 is 1.55. The molecule has 0 amide bonds.